The maximum atomic E-state index is 12.5. The van der Waals surface area contributed by atoms with Crippen molar-refractivity contribution in [1.82, 2.24) is 4.98 Å². The summed E-state index contributed by atoms with van der Waals surface area (Å²) in [5.74, 6) is -0.884. The first-order chi connectivity index (χ1) is 16.1. The van der Waals surface area contributed by atoms with Crippen molar-refractivity contribution in [1.29, 1.82) is 0 Å². The molecule has 3 rings (SSSR count). The number of carbonyl (C=O) groups excluding carboxylic acids is 2. The Hall–Kier alpha value is -3.83. The zero-order valence-electron chi connectivity index (χ0n) is 17.9. The third kappa shape index (κ3) is 7.94. The van der Waals surface area contributed by atoms with E-state index in [0.29, 0.717) is 11.4 Å². The minimum absolute atomic E-state index is 0.0503. The predicted octanol–water partition coefficient (Wildman–Crippen LogP) is 2.02. The number of nitrogens with one attached hydrogen (secondary N) is 1. The molecule has 0 saturated carbocycles. The fraction of sp³-hybridized carbons (Fsp3) is 0.0952. The molecule has 34 heavy (non-hydrogen) atoms. The second-order valence-electron chi connectivity index (χ2n) is 6.57. The van der Waals surface area contributed by atoms with Crippen LogP contribution < -0.4 is 15.4 Å². The van der Waals surface area contributed by atoms with Crippen LogP contribution in [0.5, 0.6) is 0 Å². The number of nitro benzene ring substituents is 1. The zero-order chi connectivity index (χ0) is 25.1. The van der Waals surface area contributed by atoms with E-state index < -0.39 is 25.0 Å². The molecule has 0 aliphatic heterocycles. The fourth-order valence-corrected chi connectivity index (χ4v) is 4.81. The number of nitro groups is 1. The Morgan fingerprint density at radius 2 is 1.85 bits per heavy atom. The molecule has 0 aliphatic carbocycles. The molecule has 1 heterocycles. The molecule has 0 spiro atoms. The molecule has 12 nitrogen and oxygen atoms in total. The second kappa shape index (κ2) is 12.4. The molecule has 0 bridgehead atoms. The topological polar surface area (TPSA) is 184 Å². The Balaban J connectivity index is 0.000000287. The third-order valence-corrected chi connectivity index (χ3v) is 7.45. The normalized spacial score (nSPS) is 11.9. The Morgan fingerprint density at radius 3 is 2.38 bits per heavy atom. The maximum absolute atomic E-state index is 12.5. The van der Waals surface area contributed by atoms with Crippen LogP contribution in [0.4, 0.5) is 11.4 Å². The first-order valence-electron chi connectivity index (χ1n) is 9.55. The number of carbonyl (C=O) groups is 2. The summed E-state index contributed by atoms with van der Waals surface area (Å²) in [6, 6.07) is 16.5. The summed E-state index contributed by atoms with van der Waals surface area (Å²) in [6.45, 7) is 1.33. The number of nitrogens with zero attached hydrogens (tertiary/aromatic N) is 2. The van der Waals surface area contributed by atoms with E-state index in [1.54, 1.807) is 36.5 Å². The van der Waals surface area contributed by atoms with Gasteiger partial charge in [0.05, 0.1) is 4.92 Å². The fourth-order valence-electron chi connectivity index (χ4n) is 2.48. The number of hydrogen-bond donors (Lipinski definition) is 3. The molecule has 0 aliphatic rings. The van der Waals surface area contributed by atoms with Gasteiger partial charge < -0.3 is 5.73 Å². The Kier molecular flexibility index (Phi) is 9.65. The van der Waals surface area contributed by atoms with Crippen molar-refractivity contribution in [2.45, 2.75) is 13.5 Å². The minimum atomic E-state index is -4.58. The molecule has 1 atom stereocenters. The molecule has 1 unspecified atom stereocenters. The van der Waals surface area contributed by atoms with Gasteiger partial charge in [0.15, 0.2) is 0 Å². The Morgan fingerprint density at radius 1 is 1.15 bits per heavy atom. The molecule has 0 fully saturated rings. The van der Waals surface area contributed by atoms with Crippen molar-refractivity contribution in [2.24, 2.45) is 5.73 Å². The van der Waals surface area contributed by atoms with E-state index in [9.17, 15) is 23.4 Å². The molecule has 3 aromatic rings. The summed E-state index contributed by atoms with van der Waals surface area (Å²) < 4.78 is 22.2. The van der Waals surface area contributed by atoms with Crippen LogP contribution in [0.25, 0.3) is 0 Å². The van der Waals surface area contributed by atoms with Crippen LogP contribution in [0.1, 0.15) is 23.0 Å². The van der Waals surface area contributed by atoms with Gasteiger partial charge in [-0.1, -0.05) is 6.07 Å². The van der Waals surface area contributed by atoms with Gasteiger partial charge in [-0.2, -0.15) is 0 Å². The monoisotopic (exact) mass is 532 g/mol. The first-order valence-corrected chi connectivity index (χ1v) is 12.8. The number of pyridine rings is 1. The second-order valence-corrected chi connectivity index (χ2v) is 10.6. The molecule has 4 N–H and O–H groups in total. The SMILES string of the molecule is CC(=O)Nc1ccc([As](=O)(OO)OCc2ccccn2)cc1.NC(=O)c1cccc([N+](=O)[O-])c1. The van der Waals surface area contributed by atoms with Gasteiger partial charge in [-0.15, -0.1) is 0 Å². The molecule has 2 aromatic carbocycles. The molecule has 1 aromatic heterocycles. The van der Waals surface area contributed by atoms with Crippen LogP contribution in [0.3, 0.4) is 0 Å². The van der Waals surface area contributed by atoms with Crippen LogP contribution in [0, 0.1) is 10.1 Å². The number of aromatic nitrogens is 1. The van der Waals surface area contributed by atoms with E-state index in [4.69, 9.17) is 14.7 Å². The summed E-state index contributed by atoms with van der Waals surface area (Å²) in [4.78, 5) is 35.2. The summed E-state index contributed by atoms with van der Waals surface area (Å²) in [5, 5.41) is 21.8. The molecule has 178 valence electrons. The van der Waals surface area contributed by atoms with Crippen LogP contribution in [0.2, 0.25) is 0 Å². The number of rotatable bonds is 8. The number of amides is 2. The van der Waals surface area contributed by atoms with Crippen molar-refractivity contribution in [3.8, 4) is 0 Å². The van der Waals surface area contributed by atoms with Gasteiger partial charge in [0.1, 0.15) is 0 Å². The molecule has 0 saturated heterocycles. The van der Waals surface area contributed by atoms with Crippen molar-refractivity contribution in [3.05, 3.63) is 94.3 Å². The van der Waals surface area contributed by atoms with Crippen molar-refractivity contribution in [2.75, 3.05) is 5.32 Å². The predicted molar refractivity (Wildman–Crippen MR) is 121 cm³/mol. The first kappa shape index (κ1) is 26.4. The number of nitrogens with two attached hydrogens (primary N) is 1. The Bertz CT molecular complexity index is 1160. The van der Waals surface area contributed by atoms with E-state index in [-0.39, 0.29) is 28.1 Å². The number of hydrogen-bond acceptors (Lipinski definition) is 9. The molecule has 13 heteroatoms. The number of benzene rings is 2. The van der Waals surface area contributed by atoms with Gasteiger partial charge in [-0.25, -0.2) is 0 Å². The quantitative estimate of drug-likeness (QED) is 0.169. The average molecular weight is 532 g/mol. The molecule has 2 amide bonds. The van der Waals surface area contributed by atoms with Crippen LogP contribution in [0.15, 0.2) is 72.9 Å². The average Bonchev–Trinajstić information content (AvgIpc) is 2.83. The standard InChI is InChI=1S/C14H15AsN2O5.C7H6N2O3/c1-11(18)17-13-7-5-12(6-8-13)15(19,22-20)21-10-14-4-2-3-9-16-14;8-7(10)5-2-1-3-6(4-5)9(11)12/h2-9,20H,10H2,1H3,(H,17,18);1-4H,(H2,8,10). The molecular weight excluding hydrogens is 511 g/mol. The van der Waals surface area contributed by atoms with Gasteiger partial charge >= 0.3 is 130 Å². The van der Waals surface area contributed by atoms with E-state index >= 15 is 0 Å². The van der Waals surface area contributed by atoms with E-state index in [1.165, 1.54) is 37.3 Å². The summed E-state index contributed by atoms with van der Waals surface area (Å²) in [6.07, 6.45) is 1.58. The molecule has 0 radical (unpaired) electrons. The summed E-state index contributed by atoms with van der Waals surface area (Å²) in [5.41, 5.74) is 6.04. The van der Waals surface area contributed by atoms with Crippen LogP contribution >= 0.6 is 0 Å². The van der Waals surface area contributed by atoms with E-state index in [2.05, 4.69) is 14.2 Å². The van der Waals surface area contributed by atoms with Crippen molar-refractivity contribution < 1.29 is 31.1 Å². The van der Waals surface area contributed by atoms with Crippen LogP contribution in [-0.2, 0) is 22.7 Å². The number of anilines is 1. The van der Waals surface area contributed by atoms with E-state index in [1.807, 2.05) is 0 Å². The van der Waals surface area contributed by atoms with Gasteiger partial charge in [-0.3, -0.25) is 14.9 Å². The van der Waals surface area contributed by atoms with Gasteiger partial charge in [0.25, 0.3) is 5.69 Å². The minimum Gasteiger partial charge on any atom is -0.366 e. The van der Waals surface area contributed by atoms with Gasteiger partial charge in [-0.05, 0) is 6.07 Å². The van der Waals surface area contributed by atoms with E-state index in [0.717, 1.165) is 6.07 Å². The number of non-ortho nitro benzene ring substituents is 1. The van der Waals surface area contributed by atoms with Crippen LogP contribution in [-0.4, -0.2) is 41.2 Å². The smallest absolute Gasteiger partial charge is 0.270 e. The number of primary amides is 1. The maximum Gasteiger partial charge on any atom is 0.270 e. The Labute approximate surface area is 196 Å². The van der Waals surface area contributed by atoms with Crippen molar-refractivity contribution >= 4 is 41.7 Å². The largest absolute Gasteiger partial charge is 0.366 e. The third-order valence-electron chi connectivity index (χ3n) is 4.06. The van der Waals surface area contributed by atoms with Gasteiger partial charge in [0, 0.05) is 17.7 Å². The molecular formula is C21H21AsN4O8. The summed E-state index contributed by atoms with van der Waals surface area (Å²) >= 11 is -4.58. The zero-order valence-corrected chi connectivity index (χ0v) is 19.7. The summed E-state index contributed by atoms with van der Waals surface area (Å²) in [7, 11) is 0. The van der Waals surface area contributed by atoms with Crippen molar-refractivity contribution in [3.63, 3.8) is 0 Å². The van der Waals surface area contributed by atoms with Gasteiger partial charge in [0.2, 0.25) is 5.91 Å².